The number of fused-ring (bicyclic) bond motifs is 3. The summed E-state index contributed by atoms with van der Waals surface area (Å²) >= 11 is 6.34. The number of hydrogen-bond donors (Lipinski definition) is 2. The molecule has 1 spiro atoms. The number of unbranched alkanes of at least 4 members (excludes halogenated alkanes) is 1. The molecule has 0 bridgehead atoms. The highest BCUT2D eigenvalue weighted by molar-refractivity contribution is 6.30. The number of aliphatic hydroxyl groups excluding tert-OH is 1. The van der Waals surface area contributed by atoms with Gasteiger partial charge in [0.25, 0.3) is 0 Å². The molecule has 6 heteroatoms. The van der Waals surface area contributed by atoms with Gasteiger partial charge in [0.2, 0.25) is 0 Å². The fourth-order valence-electron chi connectivity index (χ4n) is 6.35. The van der Waals surface area contributed by atoms with Gasteiger partial charge >= 0.3 is 5.97 Å². The third-order valence-corrected chi connectivity index (χ3v) is 8.68. The predicted octanol–water partition coefficient (Wildman–Crippen LogP) is 6.25. The van der Waals surface area contributed by atoms with Crippen LogP contribution in [0.25, 0.3) is 0 Å². The molecule has 1 saturated carbocycles. The molecule has 36 heavy (non-hydrogen) atoms. The number of benzene rings is 2. The zero-order chi connectivity index (χ0) is 25.3. The van der Waals surface area contributed by atoms with Crippen LogP contribution in [0.5, 0.6) is 5.75 Å². The Kier molecular flexibility index (Phi) is 7.32. The van der Waals surface area contributed by atoms with E-state index >= 15 is 0 Å². The Bertz CT molecular complexity index is 1150. The van der Waals surface area contributed by atoms with Crippen LogP contribution in [0.3, 0.4) is 0 Å². The number of carboxylic acids is 1. The number of hydrogen-bond acceptors (Lipinski definition) is 4. The molecule has 5 nitrogen and oxygen atoms in total. The maximum Gasteiger partial charge on any atom is 0.335 e. The van der Waals surface area contributed by atoms with Gasteiger partial charge in [-0.3, -0.25) is 0 Å². The molecule has 0 amide bonds. The molecular formula is C30H36ClNO4. The molecule has 2 aromatic rings. The van der Waals surface area contributed by atoms with Gasteiger partial charge in [0, 0.05) is 23.5 Å². The lowest BCUT2D eigenvalue weighted by Gasteiger charge is -2.45. The van der Waals surface area contributed by atoms with E-state index in [-0.39, 0.29) is 16.9 Å². The maximum absolute atomic E-state index is 11.8. The number of nitrogens with zero attached hydrogens (tertiary/aromatic N) is 1. The molecule has 2 aliphatic carbocycles. The zero-order valence-corrected chi connectivity index (χ0v) is 21.7. The fraction of sp³-hybridized carbons (Fsp3) is 0.500. The monoisotopic (exact) mass is 509 g/mol. The summed E-state index contributed by atoms with van der Waals surface area (Å²) in [4.78, 5) is 14.2. The number of ether oxygens (including phenoxy) is 1. The number of aliphatic hydroxyl groups is 1. The average molecular weight is 510 g/mol. The third kappa shape index (κ3) is 4.88. The summed E-state index contributed by atoms with van der Waals surface area (Å²) in [6, 6.07) is 11.4. The molecule has 192 valence electrons. The Balaban J connectivity index is 1.48. The van der Waals surface area contributed by atoms with Crippen LogP contribution in [-0.4, -0.2) is 42.0 Å². The molecule has 2 aromatic carbocycles. The van der Waals surface area contributed by atoms with Gasteiger partial charge in [0.1, 0.15) is 5.75 Å². The van der Waals surface area contributed by atoms with E-state index in [1.54, 1.807) is 18.2 Å². The predicted molar refractivity (Wildman–Crippen MR) is 143 cm³/mol. The Hall–Kier alpha value is -2.50. The topological polar surface area (TPSA) is 70.0 Å². The van der Waals surface area contributed by atoms with Crippen LogP contribution in [0, 0.1) is 11.8 Å². The number of rotatable bonds is 7. The van der Waals surface area contributed by atoms with Gasteiger partial charge in [0.05, 0.1) is 24.0 Å². The van der Waals surface area contributed by atoms with Crippen molar-refractivity contribution in [1.82, 2.24) is 0 Å². The van der Waals surface area contributed by atoms with Crippen molar-refractivity contribution in [3.63, 3.8) is 0 Å². The Morgan fingerprint density at radius 2 is 2.14 bits per heavy atom. The molecule has 2 N–H and O–H groups in total. The van der Waals surface area contributed by atoms with Gasteiger partial charge in [-0.15, -0.1) is 0 Å². The zero-order valence-electron chi connectivity index (χ0n) is 21.0. The first-order valence-electron chi connectivity index (χ1n) is 13.3. The average Bonchev–Trinajstić information content (AvgIpc) is 2.99. The van der Waals surface area contributed by atoms with Crippen LogP contribution in [0.1, 0.15) is 66.9 Å². The van der Waals surface area contributed by atoms with E-state index in [0.29, 0.717) is 12.5 Å². The van der Waals surface area contributed by atoms with Gasteiger partial charge in [0.15, 0.2) is 0 Å². The highest BCUT2D eigenvalue weighted by Gasteiger charge is 2.44. The first kappa shape index (κ1) is 25.2. The van der Waals surface area contributed by atoms with Crippen LogP contribution in [-0.2, 0) is 11.8 Å². The lowest BCUT2D eigenvalue weighted by atomic mass is 9.68. The largest absolute Gasteiger partial charge is 0.490 e. The van der Waals surface area contributed by atoms with E-state index in [9.17, 15) is 15.0 Å². The van der Waals surface area contributed by atoms with Crippen molar-refractivity contribution in [2.24, 2.45) is 11.8 Å². The second kappa shape index (κ2) is 10.5. The number of halogens is 1. The number of aryl methyl sites for hydroxylation is 1. The van der Waals surface area contributed by atoms with Crippen LogP contribution in [0.2, 0.25) is 5.02 Å². The first-order chi connectivity index (χ1) is 17.4. The second-order valence-corrected chi connectivity index (χ2v) is 11.2. The van der Waals surface area contributed by atoms with E-state index < -0.39 is 12.1 Å². The molecule has 1 fully saturated rings. The van der Waals surface area contributed by atoms with Crippen molar-refractivity contribution in [2.45, 2.75) is 63.4 Å². The maximum atomic E-state index is 11.8. The summed E-state index contributed by atoms with van der Waals surface area (Å²) in [5.74, 6) is 0.363. The van der Waals surface area contributed by atoms with Gasteiger partial charge in [-0.25, -0.2) is 4.79 Å². The minimum absolute atomic E-state index is 0.195. The van der Waals surface area contributed by atoms with Crippen LogP contribution < -0.4 is 9.64 Å². The molecule has 1 unspecified atom stereocenters. The normalized spacial score (nSPS) is 26.0. The van der Waals surface area contributed by atoms with Gasteiger partial charge in [-0.05, 0) is 91.8 Å². The standard InChI is InChI=1S/C30H36ClNO4/c1-2-3-4-7-27(33)24-11-8-22(24)17-32-18-30(14-5-6-20-15-23(31)10-12-25(20)30)19-36-28-13-9-21(29(34)35)16-26(28)32/h4,7,9-10,12-13,15-16,22,24,27,33H,2-3,5-6,8,11,14,17-19H2,1H3,(H,34,35)/b7-4+/t22-,24-,27-,30?/m0/s1. The van der Waals surface area contributed by atoms with Gasteiger partial charge in [-0.1, -0.05) is 43.2 Å². The number of allylic oxidation sites excluding steroid dienone is 1. The van der Waals surface area contributed by atoms with Crippen LogP contribution in [0.4, 0.5) is 5.69 Å². The Labute approximate surface area is 218 Å². The molecule has 1 aliphatic heterocycles. The number of carbonyl (C=O) groups is 1. The lowest BCUT2D eigenvalue weighted by molar-refractivity contribution is 0.0456. The molecule has 0 aromatic heterocycles. The molecule has 1 heterocycles. The number of anilines is 1. The van der Waals surface area contributed by atoms with Crippen molar-refractivity contribution in [2.75, 3.05) is 24.6 Å². The lowest BCUT2D eigenvalue weighted by Crippen LogP contribution is -2.49. The summed E-state index contributed by atoms with van der Waals surface area (Å²) in [6.07, 6.45) is 10.8. The van der Waals surface area contributed by atoms with E-state index in [1.165, 1.54) is 11.1 Å². The number of carboxylic acid groups (broad SMARTS) is 1. The second-order valence-electron chi connectivity index (χ2n) is 10.8. The summed E-state index contributed by atoms with van der Waals surface area (Å²) in [5, 5.41) is 21.3. The quantitative estimate of drug-likeness (QED) is 0.431. The first-order valence-corrected chi connectivity index (χ1v) is 13.7. The SMILES string of the molecule is CCC/C=C/[C@H](O)[C@H]1CC[C@H]1CN1CC2(CCCc3cc(Cl)ccc32)COc2ccc(C(=O)O)cc21. The van der Waals surface area contributed by atoms with Crippen molar-refractivity contribution >= 4 is 23.3 Å². The van der Waals surface area contributed by atoms with Crippen molar-refractivity contribution in [3.05, 3.63) is 70.3 Å². The summed E-state index contributed by atoms with van der Waals surface area (Å²) in [7, 11) is 0. The van der Waals surface area contributed by atoms with E-state index in [1.807, 2.05) is 12.1 Å². The molecular weight excluding hydrogens is 474 g/mol. The van der Waals surface area contributed by atoms with E-state index in [4.69, 9.17) is 16.3 Å². The minimum atomic E-state index is -0.938. The molecule has 3 aliphatic rings. The minimum Gasteiger partial charge on any atom is -0.490 e. The summed E-state index contributed by atoms with van der Waals surface area (Å²) in [5.41, 5.74) is 3.49. The van der Waals surface area contributed by atoms with Crippen molar-refractivity contribution < 1.29 is 19.7 Å². The summed E-state index contributed by atoms with van der Waals surface area (Å²) in [6.45, 7) is 4.21. The van der Waals surface area contributed by atoms with Crippen molar-refractivity contribution in [3.8, 4) is 5.75 Å². The van der Waals surface area contributed by atoms with E-state index in [2.05, 4.69) is 30.0 Å². The molecule has 0 radical (unpaired) electrons. The molecule has 5 rings (SSSR count). The van der Waals surface area contributed by atoms with Crippen molar-refractivity contribution in [1.29, 1.82) is 0 Å². The Morgan fingerprint density at radius 3 is 2.89 bits per heavy atom. The molecule has 4 atom stereocenters. The van der Waals surface area contributed by atoms with Crippen LogP contribution in [0.15, 0.2) is 48.6 Å². The van der Waals surface area contributed by atoms with Gasteiger partial charge < -0.3 is 19.8 Å². The summed E-state index contributed by atoms with van der Waals surface area (Å²) < 4.78 is 6.44. The third-order valence-electron chi connectivity index (χ3n) is 8.44. The smallest absolute Gasteiger partial charge is 0.335 e. The number of aromatic carboxylic acids is 1. The Morgan fingerprint density at radius 1 is 1.28 bits per heavy atom. The highest BCUT2D eigenvalue weighted by Crippen LogP contribution is 2.46. The van der Waals surface area contributed by atoms with Gasteiger partial charge in [-0.2, -0.15) is 0 Å². The van der Waals surface area contributed by atoms with E-state index in [0.717, 1.165) is 74.5 Å². The molecule has 0 saturated heterocycles. The highest BCUT2D eigenvalue weighted by atomic mass is 35.5. The van der Waals surface area contributed by atoms with Crippen LogP contribution >= 0.6 is 11.6 Å². The fourth-order valence-corrected chi connectivity index (χ4v) is 6.54.